The van der Waals surface area contributed by atoms with Crippen LogP contribution in [0.15, 0.2) is 24.3 Å². The molecule has 2 atom stereocenters. The van der Waals surface area contributed by atoms with Crippen LogP contribution in [0.2, 0.25) is 0 Å². The maximum absolute atomic E-state index is 12.5. The van der Waals surface area contributed by atoms with Gasteiger partial charge in [0.05, 0.1) is 5.92 Å². The number of likely N-dealkylation sites (tertiary alicyclic amines) is 1. The van der Waals surface area contributed by atoms with Crippen LogP contribution in [0.25, 0.3) is 0 Å². The number of nitrogens with one attached hydrogen (secondary N) is 1. The van der Waals surface area contributed by atoms with E-state index in [0.717, 1.165) is 25.9 Å². The van der Waals surface area contributed by atoms with Gasteiger partial charge in [-0.1, -0.05) is 24.3 Å². The summed E-state index contributed by atoms with van der Waals surface area (Å²) in [6.07, 6.45) is 2.05. The Balaban J connectivity index is 0.000000970. The number of aryl methyl sites for hydroxylation is 1. The molecule has 140 valence electrons. The Hall–Kier alpha value is -1.92. The van der Waals surface area contributed by atoms with Gasteiger partial charge in [-0.25, -0.2) is 0 Å². The summed E-state index contributed by atoms with van der Waals surface area (Å²) in [5.74, 6) is 0.286. The van der Waals surface area contributed by atoms with Gasteiger partial charge in [0.25, 0.3) is 6.47 Å². The van der Waals surface area contributed by atoms with Crippen molar-refractivity contribution in [1.29, 1.82) is 0 Å². The topological polar surface area (TPSA) is 72.9 Å². The molecule has 0 aliphatic carbocycles. The molecule has 6 heteroatoms. The van der Waals surface area contributed by atoms with E-state index in [2.05, 4.69) is 55.3 Å². The molecule has 0 radical (unpaired) electrons. The number of carbonyl (C=O) groups excluding carboxylic acids is 1. The Kier molecular flexibility index (Phi) is 9.16. The van der Waals surface area contributed by atoms with Crippen LogP contribution in [0.4, 0.5) is 0 Å². The average Bonchev–Trinajstić information content (AvgIpc) is 2.76. The molecule has 1 saturated heterocycles. The van der Waals surface area contributed by atoms with E-state index in [-0.39, 0.29) is 18.3 Å². The maximum atomic E-state index is 12.5. The van der Waals surface area contributed by atoms with Crippen LogP contribution in [-0.4, -0.2) is 67.6 Å². The van der Waals surface area contributed by atoms with Crippen LogP contribution in [0.1, 0.15) is 24.0 Å². The van der Waals surface area contributed by atoms with Gasteiger partial charge in [-0.15, -0.1) is 0 Å². The van der Waals surface area contributed by atoms with Crippen LogP contribution in [0.5, 0.6) is 0 Å². The first-order valence-corrected chi connectivity index (χ1v) is 8.64. The molecule has 0 unspecified atom stereocenters. The van der Waals surface area contributed by atoms with Gasteiger partial charge in [0.2, 0.25) is 5.91 Å². The van der Waals surface area contributed by atoms with E-state index in [1.165, 1.54) is 11.1 Å². The third-order valence-electron chi connectivity index (χ3n) is 4.72. The number of carbonyl (C=O) groups is 2. The minimum absolute atomic E-state index is 0.0963. The molecule has 1 aliphatic heterocycles. The molecule has 1 aromatic carbocycles. The Morgan fingerprint density at radius 1 is 1.32 bits per heavy atom. The number of nitrogens with zero attached hydrogens (tertiary/aromatic N) is 2. The largest absolute Gasteiger partial charge is 0.483 e. The number of rotatable bonds is 4. The molecule has 1 heterocycles. The predicted molar refractivity (Wildman–Crippen MR) is 99.4 cm³/mol. The van der Waals surface area contributed by atoms with Gasteiger partial charge >= 0.3 is 0 Å². The van der Waals surface area contributed by atoms with Crippen LogP contribution < -0.4 is 5.32 Å². The minimum atomic E-state index is -0.250. The van der Waals surface area contributed by atoms with Crippen LogP contribution >= 0.6 is 0 Å². The number of benzene rings is 1. The highest BCUT2D eigenvalue weighted by atomic mass is 16.3. The lowest BCUT2D eigenvalue weighted by atomic mass is 10.0. The first kappa shape index (κ1) is 21.1. The number of likely N-dealkylation sites (N-methyl/N-ethyl adjacent to an activating group) is 2. The lowest BCUT2D eigenvalue weighted by Gasteiger charge is -2.25. The van der Waals surface area contributed by atoms with Crippen LogP contribution in [0.3, 0.4) is 0 Å². The second-order valence-electron chi connectivity index (χ2n) is 6.86. The first-order valence-electron chi connectivity index (χ1n) is 8.64. The zero-order valence-corrected chi connectivity index (χ0v) is 15.7. The Morgan fingerprint density at radius 3 is 2.56 bits per heavy atom. The van der Waals surface area contributed by atoms with Gasteiger partial charge < -0.3 is 20.2 Å². The summed E-state index contributed by atoms with van der Waals surface area (Å²) in [4.78, 5) is 25.4. The molecule has 0 aromatic heterocycles. The van der Waals surface area contributed by atoms with E-state index in [0.29, 0.717) is 12.6 Å². The molecule has 1 fully saturated rings. The Labute approximate surface area is 150 Å². The fourth-order valence-corrected chi connectivity index (χ4v) is 3.16. The molecule has 2 N–H and O–H groups in total. The lowest BCUT2D eigenvalue weighted by Crippen LogP contribution is -2.39. The standard InChI is InChI=1S/C18H29N3O.CH2O2/c1-14-7-5-6-8-15(14)11-19-18(22)16-9-10-17(20(2)3)13-21(4)12-16;2-1-3/h5-8,16-17H,9-13H2,1-4H3,(H,19,22);1H,(H,2,3)/t16-,17+;/m1./s1. The molecule has 1 amide bonds. The highest BCUT2D eigenvalue weighted by Crippen LogP contribution is 2.19. The van der Waals surface area contributed by atoms with Crippen molar-refractivity contribution in [3.8, 4) is 0 Å². The van der Waals surface area contributed by atoms with E-state index >= 15 is 0 Å². The summed E-state index contributed by atoms with van der Waals surface area (Å²) < 4.78 is 0. The van der Waals surface area contributed by atoms with Gasteiger partial charge in [0.1, 0.15) is 0 Å². The van der Waals surface area contributed by atoms with Crippen molar-refractivity contribution in [3.05, 3.63) is 35.4 Å². The molecule has 1 aromatic rings. The van der Waals surface area contributed by atoms with Gasteiger partial charge in [-0.05, 0) is 52.0 Å². The van der Waals surface area contributed by atoms with E-state index in [1.807, 2.05) is 12.1 Å². The second kappa shape index (κ2) is 10.8. The SMILES string of the molecule is Cc1ccccc1CNC(=O)[C@@H]1CC[C@H](N(C)C)CN(C)C1.O=CO. The van der Waals surface area contributed by atoms with Crippen molar-refractivity contribution in [2.75, 3.05) is 34.2 Å². The Bertz CT molecular complexity index is 548. The number of amides is 1. The Morgan fingerprint density at radius 2 is 1.96 bits per heavy atom. The molecule has 0 spiro atoms. The minimum Gasteiger partial charge on any atom is -0.483 e. The van der Waals surface area contributed by atoms with E-state index in [4.69, 9.17) is 9.90 Å². The lowest BCUT2D eigenvalue weighted by molar-refractivity contribution is -0.126. The molecule has 0 bridgehead atoms. The monoisotopic (exact) mass is 349 g/mol. The number of hydrogen-bond donors (Lipinski definition) is 2. The molecule has 25 heavy (non-hydrogen) atoms. The summed E-state index contributed by atoms with van der Waals surface area (Å²) in [7, 11) is 6.36. The van der Waals surface area contributed by atoms with E-state index < -0.39 is 0 Å². The van der Waals surface area contributed by atoms with Crippen LogP contribution in [0, 0.1) is 12.8 Å². The predicted octanol–water partition coefficient (Wildman–Crippen LogP) is 1.58. The summed E-state index contributed by atoms with van der Waals surface area (Å²) >= 11 is 0. The van der Waals surface area contributed by atoms with Gasteiger partial charge in [-0.2, -0.15) is 0 Å². The van der Waals surface area contributed by atoms with Gasteiger partial charge in [0.15, 0.2) is 0 Å². The van der Waals surface area contributed by atoms with Crippen molar-refractivity contribution < 1.29 is 14.7 Å². The van der Waals surface area contributed by atoms with Gasteiger partial charge in [-0.3, -0.25) is 9.59 Å². The highest BCUT2D eigenvalue weighted by molar-refractivity contribution is 5.78. The molecule has 0 saturated carbocycles. The zero-order valence-electron chi connectivity index (χ0n) is 15.7. The smallest absolute Gasteiger partial charge is 0.290 e. The first-order chi connectivity index (χ1) is 11.9. The fraction of sp³-hybridized carbons (Fsp3) is 0.579. The third-order valence-corrected chi connectivity index (χ3v) is 4.72. The maximum Gasteiger partial charge on any atom is 0.290 e. The molecular weight excluding hydrogens is 318 g/mol. The van der Waals surface area contributed by atoms with E-state index in [1.54, 1.807) is 0 Å². The highest BCUT2D eigenvalue weighted by Gasteiger charge is 2.27. The van der Waals surface area contributed by atoms with Crippen molar-refractivity contribution in [2.45, 2.75) is 32.4 Å². The molecule has 2 rings (SSSR count). The quantitative estimate of drug-likeness (QED) is 0.808. The zero-order chi connectivity index (χ0) is 18.8. The third kappa shape index (κ3) is 7.23. The fourth-order valence-electron chi connectivity index (χ4n) is 3.16. The molecule has 1 aliphatic rings. The summed E-state index contributed by atoms with van der Waals surface area (Å²) in [6, 6.07) is 8.76. The van der Waals surface area contributed by atoms with Crippen molar-refractivity contribution in [3.63, 3.8) is 0 Å². The normalized spacial score (nSPS) is 21.0. The number of carboxylic acid groups (broad SMARTS) is 1. The average molecular weight is 349 g/mol. The summed E-state index contributed by atoms with van der Waals surface area (Å²) in [5, 5.41) is 10.0. The number of hydrogen-bond acceptors (Lipinski definition) is 4. The van der Waals surface area contributed by atoms with Crippen molar-refractivity contribution >= 4 is 12.4 Å². The van der Waals surface area contributed by atoms with E-state index in [9.17, 15) is 4.79 Å². The summed E-state index contributed by atoms with van der Waals surface area (Å²) in [5.41, 5.74) is 2.43. The van der Waals surface area contributed by atoms with Gasteiger partial charge in [0, 0.05) is 25.7 Å². The van der Waals surface area contributed by atoms with Crippen molar-refractivity contribution in [1.82, 2.24) is 15.1 Å². The second-order valence-corrected chi connectivity index (χ2v) is 6.86. The van der Waals surface area contributed by atoms with Crippen molar-refractivity contribution in [2.24, 2.45) is 5.92 Å². The molecule has 6 nitrogen and oxygen atoms in total. The molecular formula is C19H31N3O3. The summed E-state index contributed by atoms with van der Waals surface area (Å²) in [6.45, 7) is 4.35. The van der Waals surface area contributed by atoms with Crippen LogP contribution in [-0.2, 0) is 16.1 Å².